The second-order valence-corrected chi connectivity index (χ2v) is 9.28. The standard InChI is InChI=1S/C28H24F3NO6S/c1-17-14-23(12-13-24(17)37-16-36-18(2)33)35-15-25-32-26(19-4-8-21(34-3)9-5-19)27(39-25)20-6-10-22(11-7-20)38-28(29,30)31/h4-14H,15-16H2,1-3H3. The fraction of sp³-hybridized carbons (Fsp3) is 0.214. The van der Waals surface area contributed by atoms with Gasteiger partial charge in [0.05, 0.1) is 17.7 Å². The first-order valence-electron chi connectivity index (χ1n) is 11.6. The maximum atomic E-state index is 12.6. The second-order valence-electron chi connectivity index (χ2n) is 8.20. The van der Waals surface area contributed by atoms with E-state index in [1.165, 1.54) is 30.4 Å². The SMILES string of the molecule is COc1ccc(-c2nc(COc3ccc(OCOC(C)=O)c(C)c3)sc2-c2ccc(OC(F)(F)F)cc2)cc1. The molecule has 0 fully saturated rings. The van der Waals surface area contributed by atoms with Crippen molar-refractivity contribution in [2.24, 2.45) is 0 Å². The van der Waals surface area contributed by atoms with Gasteiger partial charge in [-0.2, -0.15) is 0 Å². The molecule has 1 aromatic heterocycles. The van der Waals surface area contributed by atoms with Crippen LogP contribution in [0.2, 0.25) is 0 Å². The Hall–Kier alpha value is -4.25. The van der Waals surface area contributed by atoms with Crippen LogP contribution in [-0.2, 0) is 16.1 Å². The molecule has 0 saturated heterocycles. The van der Waals surface area contributed by atoms with Crippen LogP contribution in [0.4, 0.5) is 13.2 Å². The number of nitrogens with zero attached hydrogens (tertiary/aromatic N) is 1. The van der Waals surface area contributed by atoms with Gasteiger partial charge in [-0.15, -0.1) is 24.5 Å². The van der Waals surface area contributed by atoms with Crippen LogP contribution in [0.5, 0.6) is 23.0 Å². The van der Waals surface area contributed by atoms with Crippen molar-refractivity contribution in [2.75, 3.05) is 13.9 Å². The number of methoxy groups -OCH3 is 1. The van der Waals surface area contributed by atoms with Gasteiger partial charge in [-0.05, 0) is 84.8 Å². The lowest BCUT2D eigenvalue weighted by molar-refractivity contribution is -0.274. The smallest absolute Gasteiger partial charge is 0.497 e. The van der Waals surface area contributed by atoms with Crippen molar-refractivity contribution in [1.82, 2.24) is 4.98 Å². The molecule has 0 N–H and O–H groups in total. The minimum atomic E-state index is -4.77. The molecular formula is C28H24F3NO6S. The van der Waals surface area contributed by atoms with E-state index in [2.05, 4.69) is 4.74 Å². The summed E-state index contributed by atoms with van der Waals surface area (Å²) in [4.78, 5) is 16.5. The number of carbonyl (C=O) groups excluding carboxylic acids is 1. The highest BCUT2D eigenvalue weighted by molar-refractivity contribution is 7.15. The summed E-state index contributed by atoms with van der Waals surface area (Å²) >= 11 is 1.37. The zero-order chi connectivity index (χ0) is 28.0. The molecule has 4 aromatic rings. The Balaban J connectivity index is 1.56. The number of benzene rings is 3. The highest BCUT2D eigenvalue weighted by Crippen LogP contribution is 2.39. The minimum absolute atomic E-state index is 0.163. The summed E-state index contributed by atoms with van der Waals surface area (Å²) in [7, 11) is 1.57. The topological polar surface area (TPSA) is 76.1 Å². The van der Waals surface area contributed by atoms with E-state index in [0.717, 1.165) is 16.0 Å². The minimum Gasteiger partial charge on any atom is -0.497 e. The Bertz CT molecular complexity index is 1420. The lowest BCUT2D eigenvalue weighted by Gasteiger charge is -2.11. The average molecular weight is 560 g/mol. The number of rotatable bonds is 10. The summed E-state index contributed by atoms with van der Waals surface area (Å²) in [5, 5.41) is 0.666. The molecule has 204 valence electrons. The van der Waals surface area contributed by atoms with E-state index in [-0.39, 0.29) is 19.1 Å². The average Bonchev–Trinajstić information content (AvgIpc) is 3.32. The maximum absolute atomic E-state index is 12.6. The quantitative estimate of drug-likeness (QED) is 0.151. The van der Waals surface area contributed by atoms with E-state index in [0.29, 0.717) is 33.5 Å². The summed E-state index contributed by atoms with van der Waals surface area (Å²) in [6.07, 6.45) is -4.77. The Kier molecular flexibility index (Phi) is 8.60. The number of ether oxygens (including phenoxy) is 5. The van der Waals surface area contributed by atoms with Crippen LogP contribution in [0.15, 0.2) is 66.7 Å². The Morgan fingerprint density at radius 2 is 1.54 bits per heavy atom. The van der Waals surface area contributed by atoms with Crippen molar-refractivity contribution in [3.63, 3.8) is 0 Å². The first kappa shape index (κ1) is 27.8. The van der Waals surface area contributed by atoms with Gasteiger partial charge < -0.3 is 23.7 Å². The number of hydrogen-bond acceptors (Lipinski definition) is 8. The molecule has 0 amide bonds. The van der Waals surface area contributed by atoms with Gasteiger partial charge in [0.25, 0.3) is 0 Å². The second kappa shape index (κ2) is 12.1. The molecule has 0 bridgehead atoms. The van der Waals surface area contributed by atoms with E-state index in [1.807, 2.05) is 31.2 Å². The van der Waals surface area contributed by atoms with E-state index < -0.39 is 12.3 Å². The van der Waals surface area contributed by atoms with Crippen molar-refractivity contribution in [3.8, 4) is 44.7 Å². The number of thiazole rings is 1. The third kappa shape index (κ3) is 7.64. The van der Waals surface area contributed by atoms with Crippen molar-refractivity contribution < 1.29 is 41.7 Å². The van der Waals surface area contributed by atoms with E-state index >= 15 is 0 Å². The molecule has 0 radical (unpaired) electrons. The van der Waals surface area contributed by atoms with Crippen LogP contribution in [-0.4, -0.2) is 31.2 Å². The van der Waals surface area contributed by atoms with E-state index in [4.69, 9.17) is 23.9 Å². The highest BCUT2D eigenvalue weighted by Gasteiger charge is 2.31. The number of esters is 1. The predicted octanol–water partition coefficient (Wildman–Crippen LogP) is 7.17. The molecule has 0 saturated carbocycles. The molecule has 0 atom stereocenters. The number of alkyl halides is 3. The number of aryl methyl sites for hydroxylation is 1. The first-order chi connectivity index (χ1) is 18.6. The number of hydrogen-bond donors (Lipinski definition) is 0. The van der Waals surface area contributed by atoms with Crippen molar-refractivity contribution in [3.05, 3.63) is 77.3 Å². The van der Waals surface area contributed by atoms with Crippen LogP contribution in [0.3, 0.4) is 0 Å². The van der Waals surface area contributed by atoms with Gasteiger partial charge in [-0.25, -0.2) is 4.98 Å². The van der Waals surface area contributed by atoms with Gasteiger partial charge in [-0.1, -0.05) is 0 Å². The van der Waals surface area contributed by atoms with Gasteiger partial charge in [-0.3, -0.25) is 4.79 Å². The normalized spacial score (nSPS) is 11.1. The van der Waals surface area contributed by atoms with Gasteiger partial charge in [0.15, 0.2) is 0 Å². The lowest BCUT2D eigenvalue weighted by atomic mass is 10.1. The number of halogens is 3. The molecule has 0 spiro atoms. The van der Waals surface area contributed by atoms with Crippen LogP contribution in [0.1, 0.15) is 17.5 Å². The van der Waals surface area contributed by atoms with Crippen LogP contribution in [0.25, 0.3) is 21.7 Å². The fourth-order valence-corrected chi connectivity index (χ4v) is 4.57. The molecule has 0 unspecified atom stereocenters. The largest absolute Gasteiger partial charge is 0.573 e. The molecule has 0 aliphatic carbocycles. The van der Waals surface area contributed by atoms with Crippen LogP contribution < -0.4 is 18.9 Å². The molecular weight excluding hydrogens is 535 g/mol. The van der Waals surface area contributed by atoms with Crippen molar-refractivity contribution >= 4 is 17.3 Å². The summed E-state index contributed by atoms with van der Waals surface area (Å²) in [6, 6.07) is 18.2. The molecule has 4 rings (SSSR count). The predicted molar refractivity (Wildman–Crippen MR) is 139 cm³/mol. The van der Waals surface area contributed by atoms with E-state index in [9.17, 15) is 18.0 Å². The monoisotopic (exact) mass is 559 g/mol. The summed E-state index contributed by atoms with van der Waals surface area (Å²) in [5.74, 6) is 1.09. The van der Waals surface area contributed by atoms with Gasteiger partial charge in [0.2, 0.25) is 6.79 Å². The van der Waals surface area contributed by atoms with Gasteiger partial charge in [0, 0.05) is 12.5 Å². The third-order valence-corrected chi connectivity index (χ3v) is 6.45. The molecule has 39 heavy (non-hydrogen) atoms. The Morgan fingerprint density at radius 3 is 2.15 bits per heavy atom. The molecule has 1 heterocycles. The highest BCUT2D eigenvalue weighted by atomic mass is 32.1. The summed E-state index contributed by atoms with van der Waals surface area (Å²) < 4.78 is 63.2. The maximum Gasteiger partial charge on any atom is 0.573 e. The molecule has 7 nitrogen and oxygen atoms in total. The molecule has 0 aliphatic rings. The molecule has 0 aliphatic heterocycles. The fourth-order valence-electron chi connectivity index (χ4n) is 3.57. The third-order valence-electron chi connectivity index (χ3n) is 5.37. The Labute approximate surface area is 226 Å². The summed E-state index contributed by atoms with van der Waals surface area (Å²) in [5.41, 5.74) is 2.95. The lowest BCUT2D eigenvalue weighted by Crippen LogP contribution is -2.16. The molecule has 3 aromatic carbocycles. The molecule has 11 heteroatoms. The number of aromatic nitrogens is 1. The van der Waals surface area contributed by atoms with Crippen LogP contribution >= 0.6 is 11.3 Å². The van der Waals surface area contributed by atoms with Gasteiger partial charge in [0.1, 0.15) is 34.6 Å². The number of carbonyl (C=O) groups is 1. The van der Waals surface area contributed by atoms with Crippen molar-refractivity contribution in [2.45, 2.75) is 26.8 Å². The van der Waals surface area contributed by atoms with Gasteiger partial charge >= 0.3 is 12.3 Å². The first-order valence-corrected chi connectivity index (χ1v) is 12.4. The van der Waals surface area contributed by atoms with E-state index in [1.54, 1.807) is 37.4 Å². The zero-order valence-electron chi connectivity index (χ0n) is 21.2. The van der Waals surface area contributed by atoms with Crippen molar-refractivity contribution in [1.29, 1.82) is 0 Å². The summed E-state index contributed by atoms with van der Waals surface area (Å²) in [6.45, 7) is 3.12. The Morgan fingerprint density at radius 1 is 0.897 bits per heavy atom. The van der Waals surface area contributed by atoms with Crippen LogP contribution in [0, 0.1) is 6.92 Å². The zero-order valence-corrected chi connectivity index (χ0v) is 22.0.